The van der Waals surface area contributed by atoms with E-state index in [0.717, 1.165) is 17.5 Å². The Morgan fingerprint density at radius 2 is 1.24 bits per heavy atom. The number of rotatable bonds is 15. The van der Waals surface area contributed by atoms with Crippen LogP contribution in [0.1, 0.15) is 45.2 Å². The molecule has 0 aliphatic heterocycles. The molecule has 2 unspecified atom stereocenters. The quantitative estimate of drug-likeness (QED) is 0.326. The van der Waals surface area contributed by atoms with Crippen LogP contribution in [0.25, 0.3) is 0 Å². The average molecular weight is 473 g/mol. The van der Waals surface area contributed by atoms with Gasteiger partial charge in [0.25, 0.3) is 0 Å². The van der Waals surface area contributed by atoms with Crippen molar-refractivity contribution in [3.63, 3.8) is 0 Å². The summed E-state index contributed by atoms with van der Waals surface area (Å²) >= 11 is 0. The van der Waals surface area contributed by atoms with Gasteiger partial charge in [-0.2, -0.15) is 0 Å². The van der Waals surface area contributed by atoms with Crippen molar-refractivity contribution in [3.05, 3.63) is 71.8 Å². The molecule has 0 N–H and O–H groups in total. The lowest BCUT2D eigenvalue weighted by Crippen LogP contribution is -2.39. The Kier molecular flexibility index (Phi) is 11.5. The first-order valence-electron chi connectivity index (χ1n) is 12.4. The minimum absolute atomic E-state index is 0.103. The summed E-state index contributed by atoms with van der Waals surface area (Å²) in [4.78, 5) is 0. The molecule has 1 aliphatic rings. The zero-order valence-electron chi connectivity index (χ0n) is 20.9. The smallest absolute Gasteiger partial charge is 0.155 e. The lowest BCUT2D eigenvalue weighted by Gasteiger charge is -2.29. The topological polar surface area (TPSA) is 55.4 Å². The summed E-state index contributed by atoms with van der Waals surface area (Å²) in [5.41, 5.74) is 2.24. The predicted molar refractivity (Wildman–Crippen MR) is 131 cm³/mol. The van der Waals surface area contributed by atoms with Gasteiger partial charge in [0.05, 0.1) is 32.0 Å². The Bertz CT molecular complexity index is 786. The van der Waals surface area contributed by atoms with Crippen molar-refractivity contribution in [1.29, 1.82) is 0 Å². The van der Waals surface area contributed by atoms with Crippen molar-refractivity contribution in [2.45, 2.75) is 78.2 Å². The number of hydrogen-bond acceptors (Lipinski definition) is 6. The van der Waals surface area contributed by atoms with E-state index in [2.05, 4.69) is 24.3 Å². The average Bonchev–Trinajstić information content (AvgIpc) is 3.17. The van der Waals surface area contributed by atoms with Crippen LogP contribution in [0.4, 0.5) is 0 Å². The molecule has 0 spiro atoms. The highest BCUT2D eigenvalue weighted by atomic mass is 16.7. The van der Waals surface area contributed by atoms with Crippen LogP contribution in [-0.2, 0) is 41.6 Å². The standard InChI is InChI=1S/C28H40O6/c1-5-29-21(3)31-20-25-17-26(34-22(4)30-6-2)28(33-19-24-15-11-8-12-16-24)27(25)32-18-23-13-9-7-10-14-23/h7-16,21-22,25-28H,5-6,17-20H2,1-4H3/t21?,22?,25-,26+,27-,28-/m1/s1. The molecule has 34 heavy (non-hydrogen) atoms. The van der Waals surface area contributed by atoms with Crippen LogP contribution in [0.15, 0.2) is 60.7 Å². The highest BCUT2D eigenvalue weighted by Gasteiger charge is 2.46. The molecule has 1 fully saturated rings. The molecule has 0 saturated heterocycles. The van der Waals surface area contributed by atoms with Gasteiger partial charge in [-0.05, 0) is 45.2 Å². The van der Waals surface area contributed by atoms with Gasteiger partial charge in [0.2, 0.25) is 0 Å². The van der Waals surface area contributed by atoms with Crippen LogP contribution < -0.4 is 0 Å². The molecule has 1 aliphatic carbocycles. The Morgan fingerprint density at radius 3 is 1.79 bits per heavy atom. The van der Waals surface area contributed by atoms with Crippen LogP contribution in [0.2, 0.25) is 0 Å². The van der Waals surface area contributed by atoms with Gasteiger partial charge in [0.15, 0.2) is 12.6 Å². The molecule has 2 aromatic carbocycles. The number of benzene rings is 2. The Labute approximate surface area is 204 Å². The first-order valence-corrected chi connectivity index (χ1v) is 12.4. The summed E-state index contributed by atoms with van der Waals surface area (Å²) in [6, 6.07) is 20.4. The third kappa shape index (κ3) is 8.45. The monoisotopic (exact) mass is 472 g/mol. The van der Waals surface area contributed by atoms with Crippen LogP contribution in [0, 0.1) is 5.92 Å². The predicted octanol–water partition coefficient (Wildman–Crippen LogP) is 5.34. The van der Waals surface area contributed by atoms with Gasteiger partial charge in [0.1, 0.15) is 6.10 Å². The first kappa shape index (κ1) is 26.8. The first-order chi connectivity index (χ1) is 16.6. The van der Waals surface area contributed by atoms with Gasteiger partial charge in [-0.1, -0.05) is 60.7 Å². The van der Waals surface area contributed by atoms with Gasteiger partial charge >= 0.3 is 0 Å². The molecule has 6 heteroatoms. The highest BCUT2D eigenvalue weighted by Crippen LogP contribution is 2.36. The summed E-state index contributed by atoms with van der Waals surface area (Å²) < 4.78 is 36.5. The van der Waals surface area contributed by atoms with E-state index in [0.29, 0.717) is 33.0 Å². The fraction of sp³-hybridized carbons (Fsp3) is 0.571. The maximum absolute atomic E-state index is 6.50. The molecule has 6 atom stereocenters. The van der Waals surface area contributed by atoms with Crippen LogP contribution in [0.5, 0.6) is 0 Å². The SMILES string of the molecule is CCOC(C)OC[C@H]1C[C@H](OC(C)OCC)[C@@H](OCc2ccccc2)[C@@H]1OCc1ccccc1. The Hall–Kier alpha value is -1.80. The molecule has 0 heterocycles. The third-order valence-electron chi connectivity index (χ3n) is 5.97. The molecule has 0 radical (unpaired) electrons. The fourth-order valence-electron chi connectivity index (χ4n) is 4.37. The van der Waals surface area contributed by atoms with E-state index >= 15 is 0 Å². The summed E-state index contributed by atoms with van der Waals surface area (Å²) in [5, 5.41) is 0. The van der Waals surface area contributed by atoms with Crippen LogP contribution in [-0.4, -0.2) is 50.7 Å². The van der Waals surface area contributed by atoms with Crippen molar-refractivity contribution in [2.75, 3.05) is 19.8 Å². The molecule has 1 saturated carbocycles. The van der Waals surface area contributed by atoms with E-state index in [9.17, 15) is 0 Å². The molecule has 0 bridgehead atoms. The third-order valence-corrected chi connectivity index (χ3v) is 5.97. The normalized spacial score (nSPS) is 24.2. The minimum Gasteiger partial charge on any atom is -0.370 e. The van der Waals surface area contributed by atoms with E-state index in [4.69, 9.17) is 28.4 Å². The molecular formula is C28H40O6. The van der Waals surface area contributed by atoms with Gasteiger partial charge in [-0.3, -0.25) is 0 Å². The summed E-state index contributed by atoms with van der Waals surface area (Å²) in [6.07, 6.45) is -0.434. The van der Waals surface area contributed by atoms with Gasteiger partial charge in [-0.15, -0.1) is 0 Å². The lowest BCUT2D eigenvalue weighted by atomic mass is 10.1. The lowest BCUT2D eigenvalue weighted by molar-refractivity contribution is -0.195. The second kappa shape index (κ2) is 14.6. The van der Waals surface area contributed by atoms with Gasteiger partial charge < -0.3 is 28.4 Å². The molecule has 0 amide bonds. The zero-order chi connectivity index (χ0) is 24.2. The summed E-state index contributed by atoms with van der Waals surface area (Å²) in [5.74, 6) is 0.103. The fourth-order valence-corrected chi connectivity index (χ4v) is 4.37. The summed E-state index contributed by atoms with van der Waals surface area (Å²) in [7, 11) is 0. The van der Waals surface area contributed by atoms with Gasteiger partial charge in [-0.25, -0.2) is 0 Å². The van der Waals surface area contributed by atoms with Crippen molar-refractivity contribution in [2.24, 2.45) is 5.92 Å². The highest BCUT2D eigenvalue weighted by molar-refractivity contribution is 5.14. The second-order valence-electron chi connectivity index (χ2n) is 8.57. The van der Waals surface area contributed by atoms with Crippen molar-refractivity contribution in [3.8, 4) is 0 Å². The number of hydrogen-bond donors (Lipinski definition) is 0. The molecule has 188 valence electrons. The molecule has 3 rings (SSSR count). The molecule has 2 aromatic rings. The van der Waals surface area contributed by atoms with Crippen molar-refractivity contribution >= 4 is 0 Å². The largest absolute Gasteiger partial charge is 0.370 e. The van der Waals surface area contributed by atoms with Crippen molar-refractivity contribution < 1.29 is 28.4 Å². The van der Waals surface area contributed by atoms with E-state index in [1.54, 1.807) is 0 Å². The molecular weight excluding hydrogens is 432 g/mol. The molecule has 6 nitrogen and oxygen atoms in total. The van der Waals surface area contributed by atoms with Crippen LogP contribution >= 0.6 is 0 Å². The van der Waals surface area contributed by atoms with E-state index in [-0.39, 0.29) is 36.8 Å². The van der Waals surface area contributed by atoms with E-state index in [1.807, 2.05) is 64.1 Å². The number of ether oxygens (including phenoxy) is 6. The molecule has 0 aromatic heterocycles. The second-order valence-corrected chi connectivity index (χ2v) is 8.57. The van der Waals surface area contributed by atoms with E-state index in [1.165, 1.54) is 0 Å². The Morgan fingerprint density at radius 1 is 0.706 bits per heavy atom. The van der Waals surface area contributed by atoms with Crippen molar-refractivity contribution in [1.82, 2.24) is 0 Å². The Balaban J connectivity index is 1.75. The summed E-state index contributed by atoms with van der Waals surface area (Å²) in [6.45, 7) is 10.5. The van der Waals surface area contributed by atoms with Gasteiger partial charge in [0, 0.05) is 19.1 Å². The zero-order valence-corrected chi connectivity index (χ0v) is 20.9. The maximum Gasteiger partial charge on any atom is 0.155 e. The maximum atomic E-state index is 6.50. The van der Waals surface area contributed by atoms with Crippen LogP contribution in [0.3, 0.4) is 0 Å². The minimum atomic E-state index is -0.324. The van der Waals surface area contributed by atoms with E-state index < -0.39 is 0 Å².